The van der Waals surface area contributed by atoms with Crippen LogP contribution in [0.5, 0.6) is 17.2 Å². The van der Waals surface area contributed by atoms with Gasteiger partial charge in [-0.05, 0) is 98.0 Å². The van der Waals surface area contributed by atoms with Gasteiger partial charge in [-0.3, -0.25) is 9.59 Å². The third-order valence-corrected chi connectivity index (χ3v) is 9.87. The van der Waals surface area contributed by atoms with Crippen LogP contribution in [0.1, 0.15) is 105 Å². The van der Waals surface area contributed by atoms with Gasteiger partial charge in [0.25, 0.3) is 0 Å². The summed E-state index contributed by atoms with van der Waals surface area (Å²) in [7, 11) is 0. The highest BCUT2D eigenvalue weighted by atomic mass is 16.5. The fraction of sp³-hybridized carbons (Fsp3) is 0.289. The molecule has 4 nitrogen and oxygen atoms in total. The summed E-state index contributed by atoms with van der Waals surface area (Å²) in [6.45, 7) is 15.2. The molecule has 4 heteroatoms. The minimum atomic E-state index is -0.0979. The van der Waals surface area contributed by atoms with Crippen molar-refractivity contribution < 1.29 is 19.1 Å². The van der Waals surface area contributed by atoms with Crippen molar-refractivity contribution in [3.05, 3.63) is 149 Å². The Morgan fingerprint density at radius 3 is 1.45 bits per heavy atom. The third kappa shape index (κ3) is 9.79. The Kier molecular flexibility index (Phi) is 12.7. The molecule has 254 valence electrons. The first-order valence-corrected chi connectivity index (χ1v) is 17.4. The summed E-state index contributed by atoms with van der Waals surface area (Å²) in [5.74, 6) is 2.59. The number of carbonyl (C=O) groups is 2. The molecular formula is C45H50O4. The Morgan fingerprint density at radius 2 is 1.00 bits per heavy atom. The number of carbonyl (C=O) groups excluding carboxylic acids is 2. The number of aryl methyl sites for hydroxylation is 1. The molecule has 0 heterocycles. The molecule has 0 aliphatic heterocycles. The van der Waals surface area contributed by atoms with Gasteiger partial charge < -0.3 is 9.47 Å². The normalized spacial score (nSPS) is 11.2. The zero-order valence-electron chi connectivity index (χ0n) is 30.1. The first kappa shape index (κ1) is 36.9. The summed E-state index contributed by atoms with van der Waals surface area (Å²) >= 11 is 0. The first-order chi connectivity index (χ1) is 23.5. The van der Waals surface area contributed by atoms with Crippen molar-refractivity contribution in [1.82, 2.24) is 0 Å². The van der Waals surface area contributed by atoms with E-state index in [1.165, 1.54) is 11.1 Å². The monoisotopic (exact) mass is 654 g/mol. The quantitative estimate of drug-likeness (QED) is 0.0936. The van der Waals surface area contributed by atoms with E-state index in [2.05, 4.69) is 60.6 Å². The number of benzene rings is 5. The van der Waals surface area contributed by atoms with E-state index in [0.717, 1.165) is 60.3 Å². The zero-order chi connectivity index (χ0) is 35.4. The lowest BCUT2D eigenvalue weighted by Gasteiger charge is -2.28. The number of ether oxygens (including phenoxy) is 2. The maximum Gasteiger partial charge on any atom is 0.193 e. The lowest BCUT2D eigenvalue weighted by Crippen LogP contribution is -2.30. The van der Waals surface area contributed by atoms with E-state index < -0.39 is 0 Å². The average molecular weight is 655 g/mol. The summed E-state index contributed by atoms with van der Waals surface area (Å²) in [6.07, 6.45) is 4.97. The molecule has 5 aromatic rings. The van der Waals surface area contributed by atoms with E-state index >= 15 is 0 Å². The molecule has 0 aliphatic rings. The van der Waals surface area contributed by atoms with Crippen LogP contribution in [-0.4, -0.2) is 17.7 Å². The number of rotatable bonds is 13. The standard InChI is InChI=1S/C26H26O2.C19H24O2/c1-4-26(3,5-2)24-16-14-23(15-17-24)25(28)22-12-10-21(11-13-22)20-8-6-19(18-27)7-9-20;1-5-19(4,6-2)21-18-13-11-17(12-14-18)20-16-9-7-15(3)8-10-16/h6-18H,4-5H2,1-3H3;7-14H,5-6H2,1-4H3. The van der Waals surface area contributed by atoms with E-state index in [1.54, 1.807) is 12.1 Å². The molecule has 5 rings (SSSR count). The molecule has 0 atom stereocenters. The minimum absolute atomic E-state index is 0.0316. The molecule has 5 aromatic carbocycles. The summed E-state index contributed by atoms with van der Waals surface area (Å²) in [6, 6.07) is 38.9. The average Bonchev–Trinajstić information content (AvgIpc) is 3.16. The number of hydrogen-bond donors (Lipinski definition) is 0. The molecule has 0 saturated carbocycles. The fourth-order valence-electron chi connectivity index (χ4n) is 5.41. The predicted octanol–water partition coefficient (Wildman–Crippen LogP) is 12.2. The van der Waals surface area contributed by atoms with Crippen molar-refractivity contribution in [2.24, 2.45) is 0 Å². The van der Waals surface area contributed by atoms with Crippen molar-refractivity contribution in [1.29, 1.82) is 0 Å². The molecule has 0 saturated heterocycles. The largest absolute Gasteiger partial charge is 0.488 e. The van der Waals surface area contributed by atoms with Gasteiger partial charge in [-0.2, -0.15) is 0 Å². The van der Waals surface area contributed by atoms with Crippen LogP contribution >= 0.6 is 0 Å². The van der Waals surface area contributed by atoms with Crippen LogP contribution in [0, 0.1) is 6.92 Å². The maximum atomic E-state index is 12.8. The Hall–Kier alpha value is -4.96. The topological polar surface area (TPSA) is 52.6 Å². The highest BCUT2D eigenvalue weighted by Gasteiger charge is 2.23. The van der Waals surface area contributed by atoms with Gasteiger partial charge in [-0.15, -0.1) is 0 Å². The number of aldehydes is 1. The molecule has 0 aromatic heterocycles. The maximum absolute atomic E-state index is 12.8. The first-order valence-electron chi connectivity index (χ1n) is 17.4. The second-order valence-electron chi connectivity index (χ2n) is 13.1. The summed E-state index contributed by atoms with van der Waals surface area (Å²) < 4.78 is 11.9. The zero-order valence-corrected chi connectivity index (χ0v) is 30.1. The van der Waals surface area contributed by atoms with Crippen molar-refractivity contribution in [3.8, 4) is 28.4 Å². The highest BCUT2D eigenvalue weighted by molar-refractivity contribution is 6.09. The third-order valence-electron chi connectivity index (χ3n) is 9.87. The Balaban J connectivity index is 0.000000230. The van der Waals surface area contributed by atoms with E-state index in [4.69, 9.17) is 9.47 Å². The van der Waals surface area contributed by atoms with Crippen LogP contribution in [0.25, 0.3) is 11.1 Å². The fourth-order valence-corrected chi connectivity index (χ4v) is 5.41. The lowest BCUT2D eigenvalue weighted by molar-refractivity contribution is 0.0802. The molecule has 49 heavy (non-hydrogen) atoms. The van der Waals surface area contributed by atoms with E-state index in [-0.39, 0.29) is 16.8 Å². The molecule has 0 radical (unpaired) electrons. The molecule has 0 unspecified atom stereocenters. The molecule has 0 fully saturated rings. The van der Waals surface area contributed by atoms with Crippen LogP contribution in [-0.2, 0) is 5.41 Å². The number of hydrogen-bond acceptors (Lipinski definition) is 4. The van der Waals surface area contributed by atoms with E-state index in [1.807, 2.05) is 97.1 Å². The minimum Gasteiger partial charge on any atom is -0.488 e. The van der Waals surface area contributed by atoms with Crippen molar-refractivity contribution in [2.75, 3.05) is 0 Å². The van der Waals surface area contributed by atoms with E-state index in [0.29, 0.717) is 16.7 Å². The molecule has 0 N–H and O–H groups in total. The Labute approximate surface area is 293 Å². The summed E-state index contributed by atoms with van der Waals surface area (Å²) in [4.78, 5) is 23.6. The van der Waals surface area contributed by atoms with Crippen molar-refractivity contribution >= 4 is 12.1 Å². The SMILES string of the molecule is CCC(C)(CC)Oc1ccc(Oc2ccc(C)cc2)cc1.CCC(C)(CC)c1ccc(C(=O)c2ccc(-c3ccc(C=O)cc3)cc2)cc1. The van der Waals surface area contributed by atoms with Gasteiger partial charge in [0, 0.05) is 16.7 Å². The van der Waals surface area contributed by atoms with Crippen LogP contribution in [0.2, 0.25) is 0 Å². The summed E-state index contributed by atoms with van der Waals surface area (Å²) in [5, 5.41) is 0. The Morgan fingerprint density at radius 1 is 0.571 bits per heavy atom. The van der Waals surface area contributed by atoms with Gasteiger partial charge in [0.2, 0.25) is 0 Å². The molecule has 0 amide bonds. The van der Waals surface area contributed by atoms with Crippen LogP contribution in [0.4, 0.5) is 0 Å². The van der Waals surface area contributed by atoms with Gasteiger partial charge in [0.05, 0.1) is 0 Å². The van der Waals surface area contributed by atoms with Gasteiger partial charge in [0.15, 0.2) is 5.78 Å². The van der Waals surface area contributed by atoms with Crippen molar-refractivity contribution in [2.45, 2.75) is 85.2 Å². The summed E-state index contributed by atoms with van der Waals surface area (Å²) in [5.41, 5.74) is 6.64. The highest BCUT2D eigenvalue weighted by Crippen LogP contribution is 2.32. The van der Waals surface area contributed by atoms with Crippen molar-refractivity contribution in [3.63, 3.8) is 0 Å². The van der Waals surface area contributed by atoms with Crippen LogP contribution in [0.3, 0.4) is 0 Å². The smallest absolute Gasteiger partial charge is 0.193 e. The molecule has 0 aliphatic carbocycles. The predicted molar refractivity (Wildman–Crippen MR) is 202 cm³/mol. The van der Waals surface area contributed by atoms with Gasteiger partial charge in [0.1, 0.15) is 29.1 Å². The van der Waals surface area contributed by atoms with Gasteiger partial charge in [-0.25, -0.2) is 0 Å². The second-order valence-corrected chi connectivity index (χ2v) is 13.1. The Bertz CT molecular complexity index is 1760. The number of ketones is 1. The van der Waals surface area contributed by atoms with Crippen LogP contribution < -0.4 is 9.47 Å². The lowest BCUT2D eigenvalue weighted by atomic mass is 9.77. The molecule has 0 bridgehead atoms. The van der Waals surface area contributed by atoms with Gasteiger partial charge in [-0.1, -0.05) is 125 Å². The second kappa shape index (κ2) is 16.9. The van der Waals surface area contributed by atoms with E-state index in [9.17, 15) is 9.59 Å². The van der Waals surface area contributed by atoms with Gasteiger partial charge >= 0.3 is 0 Å². The van der Waals surface area contributed by atoms with Crippen LogP contribution in [0.15, 0.2) is 121 Å². The molecular weight excluding hydrogens is 604 g/mol. The molecule has 0 spiro atoms.